The lowest BCUT2D eigenvalue weighted by Gasteiger charge is -2.06. The second kappa shape index (κ2) is 6.07. The van der Waals surface area contributed by atoms with Gasteiger partial charge in [-0.3, -0.25) is 0 Å². The van der Waals surface area contributed by atoms with Crippen molar-refractivity contribution in [3.05, 3.63) is 95.2 Å². The number of hydrogen-bond donors (Lipinski definition) is 1. The van der Waals surface area contributed by atoms with Gasteiger partial charge in [0.05, 0.1) is 53.1 Å². The highest BCUT2D eigenvalue weighted by molar-refractivity contribution is 6.15. The zero-order valence-corrected chi connectivity index (χ0v) is 14.6. The molecule has 130 valence electrons. The molecule has 1 N–H and O–H groups in total. The maximum absolute atomic E-state index is 10.2. The van der Waals surface area contributed by atoms with E-state index >= 15 is 0 Å². The molecule has 5 nitrogen and oxygen atoms in total. The lowest BCUT2D eigenvalue weighted by Crippen LogP contribution is -2.05. The Kier molecular flexibility index (Phi) is 3.31. The van der Waals surface area contributed by atoms with E-state index in [4.69, 9.17) is 1.37 Å². The quantitative estimate of drug-likeness (QED) is 0.772. The van der Waals surface area contributed by atoms with Gasteiger partial charge in [0.2, 0.25) is 0 Å². The van der Waals surface area contributed by atoms with E-state index < -0.39 is 6.10 Å². The zero-order valence-electron chi connectivity index (χ0n) is 15.6. The molecule has 0 aliphatic carbocycles. The van der Waals surface area contributed by atoms with Crippen molar-refractivity contribution in [3.63, 3.8) is 0 Å². The largest absolute Gasteiger partial charge is 0.389 e. The third kappa shape index (κ3) is 3.09. The predicted octanol–water partition coefficient (Wildman–Crippen LogP) is 3.33. The fourth-order valence-electron chi connectivity index (χ4n) is 3.17. The van der Waals surface area contributed by atoms with Gasteiger partial charge in [-0.1, -0.05) is 0 Å². The molecule has 5 aliphatic heterocycles. The van der Waals surface area contributed by atoms with Crippen LogP contribution in [0, 0.1) is 0 Å². The van der Waals surface area contributed by atoms with Crippen molar-refractivity contribution in [2.45, 2.75) is 13.0 Å². The monoisotopic (exact) mass is 353 g/mol. The van der Waals surface area contributed by atoms with Crippen molar-refractivity contribution in [2.24, 2.45) is 20.0 Å². The first-order valence-electron chi connectivity index (χ1n) is 9.20. The lowest BCUT2D eigenvalue weighted by molar-refractivity contribution is 0.234. The van der Waals surface area contributed by atoms with E-state index in [1.54, 1.807) is 19.1 Å². The Bertz CT molecular complexity index is 1170. The van der Waals surface area contributed by atoms with Crippen molar-refractivity contribution < 1.29 is 6.48 Å². The summed E-state index contributed by atoms with van der Waals surface area (Å²) in [6, 6.07) is 0.208. The van der Waals surface area contributed by atoms with Crippen molar-refractivity contribution in [1.29, 1.82) is 0 Å². The molecule has 0 saturated heterocycles. The number of aliphatic hydroxyl groups is 1. The Morgan fingerprint density at radius 2 is 1.19 bits per heavy atom. The van der Waals surface area contributed by atoms with Gasteiger partial charge in [0.15, 0.2) is 0 Å². The standard InChI is InChI=1S/C22H16N4O/c1-13(27)21-11-20-10-18-5-4-16(24-18)8-14-2-3-15(23-14)9-17-6-7-19(25-17)12-22(21)26-20/h2-13,27H,1H3/i11D. The van der Waals surface area contributed by atoms with Crippen LogP contribution < -0.4 is 0 Å². The average molecular weight is 353 g/mol. The molecule has 0 radical (unpaired) electrons. The smallest absolute Gasteiger partial charge is 0.0783 e. The molecular weight excluding hydrogens is 336 g/mol. The highest BCUT2D eigenvalue weighted by Crippen LogP contribution is 2.26. The number of nitrogens with zero attached hydrogens (tertiary/aromatic N) is 4. The second-order valence-electron chi connectivity index (χ2n) is 6.56. The second-order valence-corrected chi connectivity index (χ2v) is 6.56. The topological polar surface area (TPSA) is 69.7 Å². The maximum Gasteiger partial charge on any atom is 0.0783 e. The molecule has 0 fully saturated rings. The van der Waals surface area contributed by atoms with Gasteiger partial charge in [-0.05, 0) is 73.7 Å². The van der Waals surface area contributed by atoms with Crippen LogP contribution >= 0.6 is 0 Å². The van der Waals surface area contributed by atoms with Gasteiger partial charge in [0, 0.05) is 5.57 Å². The van der Waals surface area contributed by atoms with Crippen molar-refractivity contribution >= 4 is 22.8 Å². The van der Waals surface area contributed by atoms with Gasteiger partial charge in [0.25, 0.3) is 0 Å². The Labute approximate surface area is 158 Å². The Balaban J connectivity index is 1.69. The van der Waals surface area contributed by atoms with Crippen LogP contribution in [0.15, 0.2) is 115 Å². The van der Waals surface area contributed by atoms with Crippen LogP contribution in [0.4, 0.5) is 0 Å². The first kappa shape index (κ1) is 14.7. The SMILES string of the molecule is [2H]C1=C(C(C)O)C2=CC3=NC(=CC4=NC(=CC5=NC(=CC1=N2)C=C5)C=C4)C=C3. The molecular formula is C22H16N4O. The average Bonchev–Trinajstić information content (AvgIpc) is 3.40. The van der Waals surface area contributed by atoms with Crippen LogP contribution in [-0.2, 0) is 0 Å². The maximum atomic E-state index is 10.2. The summed E-state index contributed by atoms with van der Waals surface area (Å²) in [6.45, 7) is 1.64. The molecule has 5 aliphatic rings. The molecule has 0 aromatic carbocycles. The predicted molar refractivity (Wildman–Crippen MR) is 109 cm³/mol. The normalized spacial score (nSPS) is 24.0. The van der Waals surface area contributed by atoms with Crippen LogP contribution in [0.5, 0.6) is 0 Å². The fraction of sp³-hybridized carbons (Fsp3) is 0.0909. The van der Waals surface area contributed by atoms with Crippen LogP contribution in [0.2, 0.25) is 0 Å². The van der Waals surface area contributed by atoms with Gasteiger partial charge in [-0.25, -0.2) is 20.0 Å². The van der Waals surface area contributed by atoms with E-state index in [2.05, 4.69) is 20.0 Å². The number of aliphatic hydroxyl groups excluding tert-OH is 1. The van der Waals surface area contributed by atoms with Crippen LogP contribution in [-0.4, -0.2) is 34.1 Å². The third-order valence-electron chi connectivity index (χ3n) is 4.41. The molecule has 5 heteroatoms. The minimum absolute atomic E-state index is 0.208. The summed E-state index contributed by atoms with van der Waals surface area (Å²) in [7, 11) is 0. The summed E-state index contributed by atoms with van der Waals surface area (Å²) in [5.41, 5.74) is 6.18. The molecule has 8 bridgehead atoms. The summed E-state index contributed by atoms with van der Waals surface area (Å²) in [5, 5.41) is 10.2. The lowest BCUT2D eigenvalue weighted by atomic mass is 10.1. The van der Waals surface area contributed by atoms with E-state index in [9.17, 15) is 5.11 Å². The van der Waals surface area contributed by atoms with Crippen molar-refractivity contribution in [3.8, 4) is 0 Å². The molecule has 0 saturated carbocycles. The first-order valence-corrected chi connectivity index (χ1v) is 8.70. The van der Waals surface area contributed by atoms with E-state index in [1.807, 2.05) is 48.6 Å². The number of hydrogen-bond acceptors (Lipinski definition) is 5. The van der Waals surface area contributed by atoms with Crippen LogP contribution in [0.1, 0.15) is 8.29 Å². The molecule has 5 rings (SSSR count). The molecule has 0 spiro atoms. The molecule has 0 amide bonds. The molecule has 1 unspecified atom stereocenters. The third-order valence-corrected chi connectivity index (χ3v) is 4.41. The van der Waals surface area contributed by atoms with Crippen LogP contribution in [0.3, 0.4) is 0 Å². The van der Waals surface area contributed by atoms with E-state index in [1.165, 1.54) is 0 Å². The van der Waals surface area contributed by atoms with Gasteiger partial charge in [0.1, 0.15) is 0 Å². The van der Waals surface area contributed by atoms with E-state index in [0.29, 0.717) is 22.7 Å². The summed E-state index contributed by atoms with van der Waals surface area (Å²) in [5.74, 6) is 0. The fourth-order valence-corrected chi connectivity index (χ4v) is 3.17. The Morgan fingerprint density at radius 3 is 1.70 bits per heavy atom. The number of rotatable bonds is 1. The summed E-state index contributed by atoms with van der Waals surface area (Å²) >= 11 is 0. The first-order chi connectivity index (χ1) is 13.5. The summed E-state index contributed by atoms with van der Waals surface area (Å²) in [4.78, 5) is 18.3. The summed E-state index contributed by atoms with van der Waals surface area (Å²) < 4.78 is 8.45. The van der Waals surface area contributed by atoms with E-state index in [-0.39, 0.29) is 6.05 Å². The highest BCUT2D eigenvalue weighted by atomic mass is 16.3. The molecule has 1 atom stereocenters. The number of aliphatic imine (C=N–C) groups is 4. The number of fused-ring (bicyclic) bond motifs is 4. The van der Waals surface area contributed by atoms with Gasteiger partial charge in [-0.15, -0.1) is 0 Å². The van der Waals surface area contributed by atoms with Crippen LogP contribution in [0.25, 0.3) is 0 Å². The van der Waals surface area contributed by atoms with Gasteiger partial charge >= 0.3 is 0 Å². The van der Waals surface area contributed by atoms with Crippen molar-refractivity contribution in [2.75, 3.05) is 0 Å². The zero-order chi connectivity index (χ0) is 19.3. The summed E-state index contributed by atoms with van der Waals surface area (Å²) in [6.07, 6.45) is 18.0. The molecule has 5 heterocycles. The Hall–Kier alpha value is -3.44. The minimum atomic E-state index is -0.806. The number of allylic oxidation sites excluding steroid dienone is 11. The van der Waals surface area contributed by atoms with E-state index in [0.717, 1.165) is 28.5 Å². The molecule has 0 aromatic heterocycles. The highest BCUT2D eigenvalue weighted by Gasteiger charge is 2.19. The Morgan fingerprint density at radius 1 is 0.704 bits per heavy atom. The minimum Gasteiger partial charge on any atom is -0.389 e. The van der Waals surface area contributed by atoms with Crippen molar-refractivity contribution in [1.82, 2.24) is 0 Å². The molecule has 0 aromatic rings. The molecule has 27 heavy (non-hydrogen) atoms. The van der Waals surface area contributed by atoms with Gasteiger partial charge in [-0.2, -0.15) is 0 Å². The van der Waals surface area contributed by atoms with Gasteiger partial charge < -0.3 is 5.11 Å².